The van der Waals surface area contributed by atoms with Gasteiger partial charge in [-0.05, 0) is 50.1 Å². The first-order valence-electron chi connectivity index (χ1n) is 9.35. The van der Waals surface area contributed by atoms with Crippen LogP contribution in [-0.4, -0.2) is 40.1 Å². The molecule has 1 aromatic carbocycles. The molecule has 1 aliphatic heterocycles. The van der Waals surface area contributed by atoms with Gasteiger partial charge < -0.3 is 9.64 Å². The summed E-state index contributed by atoms with van der Waals surface area (Å²) in [6.45, 7) is 5.61. The Balaban J connectivity index is 1.50. The van der Waals surface area contributed by atoms with Crippen LogP contribution in [0.25, 0.3) is 10.2 Å². The van der Waals surface area contributed by atoms with Gasteiger partial charge in [0.2, 0.25) is 11.7 Å². The molecule has 0 aliphatic carbocycles. The number of benzene rings is 1. The van der Waals surface area contributed by atoms with Crippen LogP contribution in [0.5, 0.6) is 0 Å². The molecule has 3 heterocycles. The predicted octanol–water partition coefficient (Wildman–Crippen LogP) is 3.28. The van der Waals surface area contributed by atoms with Crippen molar-refractivity contribution in [2.75, 3.05) is 11.4 Å². The number of esters is 1. The Morgan fingerprint density at radius 2 is 2.00 bits per heavy atom. The Kier molecular flexibility index (Phi) is 4.74. The lowest BCUT2D eigenvalue weighted by Gasteiger charge is -2.15. The lowest BCUT2D eigenvalue weighted by Crippen LogP contribution is -2.26. The molecule has 4 rings (SSSR count). The molecule has 0 spiro atoms. The molecular weight excluding hydrogens is 390 g/mol. The number of hydrogen-bond acceptors (Lipinski definition) is 6. The van der Waals surface area contributed by atoms with Gasteiger partial charge in [0.05, 0.1) is 5.69 Å². The van der Waals surface area contributed by atoms with E-state index in [1.807, 2.05) is 14.0 Å². The first-order chi connectivity index (χ1) is 13.8. The van der Waals surface area contributed by atoms with Crippen molar-refractivity contribution in [3.63, 3.8) is 0 Å². The molecule has 150 valence electrons. The van der Waals surface area contributed by atoms with Gasteiger partial charge in [-0.25, -0.2) is 4.79 Å². The number of thiophene rings is 1. The second kappa shape index (κ2) is 7.11. The van der Waals surface area contributed by atoms with Crippen LogP contribution in [0, 0.1) is 6.92 Å². The highest BCUT2D eigenvalue weighted by molar-refractivity contribution is 7.20. The van der Waals surface area contributed by atoms with E-state index in [1.165, 1.54) is 18.3 Å². The van der Waals surface area contributed by atoms with E-state index in [0.29, 0.717) is 23.4 Å². The highest BCUT2D eigenvalue weighted by atomic mass is 32.1. The second-order valence-corrected chi connectivity index (χ2v) is 8.25. The molecule has 8 heteroatoms. The van der Waals surface area contributed by atoms with Crippen LogP contribution >= 0.6 is 11.3 Å². The first-order valence-corrected chi connectivity index (χ1v) is 10.2. The van der Waals surface area contributed by atoms with Gasteiger partial charge in [-0.1, -0.05) is 0 Å². The highest BCUT2D eigenvalue weighted by Gasteiger charge is 2.26. The van der Waals surface area contributed by atoms with Crippen LogP contribution in [0.4, 0.5) is 5.69 Å². The van der Waals surface area contributed by atoms with Gasteiger partial charge in [0.1, 0.15) is 9.71 Å². The minimum Gasteiger partial charge on any atom is -0.450 e. The summed E-state index contributed by atoms with van der Waals surface area (Å²) >= 11 is 1.30. The molecule has 1 unspecified atom stereocenters. The average Bonchev–Trinajstić information content (AvgIpc) is 3.36. The zero-order valence-corrected chi connectivity index (χ0v) is 17.5. The number of carbonyl (C=O) groups excluding carboxylic acids is 3. The second-order valence-electron chi connectivity index (χ2n) is 7.21. The zero-order chi connectivity index (χ0) is 20.9. The fraction of sp³-hybridized carbons (Fsp3) is 0.333. The third-order valence-electron chi connectivity index (χ3n) is 5.19. The fourth-order valence-electron chi connectivity index (χ4n) is 3.69. The molecule has 1 aliphatic rings. The predicted molar refractivity (Wildman–Crippen MR) is 111 cm³/mol. The molecule has 29 heavy (non-hydrogen) atoms. The van der Waals surface area contributed by atoms with Crippen LogP contribution in [0.2, 0.25) is 0 Å². The van der Waals surface area contributed by atoms with Gasteiger partial charge in [0, 0.05) is 37.2 Å². The molecule has 2 aromatic heterocycles. The van der Waals surface area contributed by atoms with Crippen molar-refractivity contribution in [2.24, 2.45) is 7.05 Å². The quantitative estimate of drug-likeness (QED) is 0.486. The maximum Gasteiger partial charge on any atom is 0.349 e. The van der Waals surface area contributed by atoms with Gasteiger partial charge in [0.25, 0.3) is 0 Å². The minimum atomic E-state index is -0.907. The highest BCUT2D eigenvalue weighted by Crippen LogP contribution is 2.30. The third-order valence-corrected chi connectivity index (χ3v) is 6.37. The number of nitrogens with zero attached hydrogens (tertiary/aromatic N) is 3. The molecule has 0 saturated carbocycles. The zero-order valence-electron chi connectivity index (χ0n) is 16.7. The molecule has 7 nitrogen and oxygen atoms in total. The van der Waals surface area contributed by atoms with Crippen molar-refractivity contribution < 1.29 is 19.1 Å². The van der Waals surface area contributed by atoms with Crippen LogP contribution in [0.3, 0.4) is 0 Å². The van der Waals surface area contributed by atoms with Crippen LogP contribution < -0.4 is 4.90 Å². The van der Waals surface area contributed by atoms with Crippen molar-refractivity contribution >= 4 is 44.9 Å². The van der Waals surface area contributed by atoms with Crippen LogP contribution in [-0.2, 0) is 23.0 Å². The van der Waals surface area contributed by atoms with Gasteiger partial charge in [-0.2, -0.15) is 5.10 Å². The largest absolute Gasteiger partial charge is 0.450 e. The lowest BCUT2D eigenvalue weighted by molar-refractivity contribution is -0.116. The fourth-order valence-corrected chi connectivity index (χ4v) is 4.70. The number of ether oxygens (including phenoxy) is 1. The summed E-state index contributed by atoms with van der Waals surface area (Å²) in [5.41, 5.74) is 3.12. The van der Waals surface area contributed by atoms with Gasteiger partial charge in [-0.3, -0.25) is 14.3 Å². The van der Waals surface area contributed by atoms with Crippen molar-refractivity contribution in [3.8, 4) is 0 Å². The molecule has 0 radical (unpaired) electrons. The Bertz CT molecular complexity index is 1130. The van der Waals surface area contributed by atoms with Crippen molar-refractivity contribution in [1.29, 1.82) is 0 Å². The summed E-state index contributed by atoms with van der Waals surface area (Å²) in [5.74, 6) is -0.796. The molecule has 0 saturated heterocycles. The average molecular weight is 411 g/mol. The van der Waals surface area contributed by atoms with Gasteiger partial charge >= 0.3 is 5.97 Å². The summed E-state index contributed by atoms with van der Waals surface area (Å²) in [4.78, 5) is 40.0. The van der Waals surface area contributed by atoms with E-state index in [-0.39, 0.29) is 11.7 Å². The topological polar surface area (TPSA) is 81.5 Å². The maximum atomic E-state index is 12.8. The van der Waals surface area contributed by atoms with Crippen LogP contribution in [0.15, 0.2) is 24.3 Å². The number of rotatable bonds is 4. The van der Waals surface area contributed by atoms with Gasteiger partial charge in [-0.15, -0.1) is 11.3 Å². The normalized spacial score (nSPS) is 14.1. The van der Waals surface area contributed by atoms with E-state index in [4.69, 9.17) is 4.74 Å². The number of aromatic nitrogens is 2. The van der Waals surface area contributed by atoms with E-state index in [1.54, 1.807) is 40.8 Å². The van der Waals surface area contributed by atoms with Crippen LogP contribution in [0.1, 0.15) is 45.1 Å². The van der Waals surface area contributed by atoms with Gasteiger partial charge in [0.15, 0.2) is 6.10 Å². The van der Waals surface area contributed by atoms with E-state index in [9.17, 15) is 14.4 Å². The summed E-state index contributed by atoms with van der Waals surface area (Å²) in [7, 11) is 1.83. The Hall–Kier alpha value is -3.00. The monoisotopic (exact) mass is 411 g/mol. The first kappa shape index (κ1) is 19.3. The maximum absolute atomic E-state index is 12.8. The molecular formula is C21H21N3O4S. The minimum absolute atomic E-state index is 0.0149. The number of ketones is 1. The lowest BCUT2D eigenvalue weighted by atomic mass is 10.0. The molecule has 1 amide bonds. The summed E-state index contributed by atoms with van der Waals surface area (Å²) in [6.07, 6.45) is -0.199. The Morgan fingerprint density at radius 3 is 2.69 bits per heavy atom. The van der Waals surface area contributed by atoms with Crippen molar-refractivity contribution in [1.82, 2.24) is 9.78 Å². The number of aryl methyl sites for hydroxylation is 2. The summed E-state index contributed by atoms with van der Waals surface area (Å²) < 4.78 is 7.17. The molecule has 3 aromatic rings. The van der Waals surface area contributed by atoms with Crippen molar-refractivity contribution in [3.05, 3.63) is 46.0 Å². The number of carbonyl (C=O) groups is 3. The standard InChI is InChI=1S/C21H21N3O4S/c1-11-16-10-18(29-20(16)23(4)22-11)21(27)28-12(2)19(26)15-5-6-17-14(9-15)7-8-24(17)13(3)25/h5-6,9-10,12H,7-8H2,1-4H3. The molecule has 0 fully saturated rings. The molecule has 0 bridgehead atoms. The molecule has 1 atom stereocenters. The van der Waals surface area contributed by atoms with E-state index in [2.05, 4.69) is 5.10 Å². The third kappa shape index (κ3) is 3.33. The van der Waals surface area contributed by atoms with E-state index >= 15 is 0 Å². The summed E-state index contributed by atoms with van der Waals surface area (Å²) in [6, 6.07) is 7.02. The van der Waals surface area contributed by atoms with E-state index < -0.39 is 12.1 Å². The number of amides is 1. The van der Waals surface area contributed by atoms with E-state index in [0.717, 1.165) is 27.2 Å². The Morgan fingerprint density at radius 1 is 1.24 bits per heavy atom. The number of anilines is 1. The van der Waals surface area contributed by atoms with Crippen molar-refractivity contribution in [2.45, 2.75) is 33.3 Å². The number of hydrogen-bond donors (Lipinski definition) is 0. The Labute approximate surface area is 171 Å². The number of fused-ring (bicyclic) bond motifs is 2. The SMILES string of the molecule is CC(=O)N1CCc2cc(C(=O)C(C)OC(=O)c3cc4c(C)nn(C)c4s3)ccc21. The smallest absolute Gasteiger partial charge is 0.349 e. The number of Topliss-reactive ketones (excluding diaryl/α,β-unsaturated/α-hetero) is 1. The summed E-state index contributed by atoms with van der Waals surface area (Å²) in [5, 5.41) is 5.23. The molecule has 0 N–H and O–H groups in total.